The Kier molecular flexibility index (Phi) is 4.92. The minimum atomic E-state index is 0.739. The van der Waals surface area contributed by atoms with Gasteiger partial charge in [-0.1, -0.05) is 6.92 Å². The molecule has 2 rings (SSSR count). The maximum Gasteiger partial charge on any atom is 0.105 e. The summed E-state index contributed by atoms with van der Waals surface area (Å²) in [7, 11) is 0. The number of nitrogens with one attached hydrogen (secondary N) is 1. The van der Waals surface area contributed by atoms with Crippen molar-refractivity contribution in [2.45, 2.75) is 50.9 Å². The maximum atomic E-state index is 4.24. The summed E-state index contributed by atoms with van der Waals surface area (Å²) in [5, 5.41) is 4.57. The highest BCUT2D eigenvalue weighted by molar-refractivity contribution is 7.99. The average molecular weight is 253 g/mol. The summed E-state index contributed by atoms with van der Waals surface area (Å²) in [5.74, 6) is 2.36. The average Bonchev–Trinajstić information content (AvgIpc) is 2.90. The molecule has 0 amide bonds. The van der Waals surface area contributed by atoms with Gasteiger partial charge in [0.05, 0.1) is 0 Å². The second-order valence-electron chi connectivity index (χ2n) is 4.71. The molecule has 0 radical (unpaired) electrons. The third-order valence-corrected chi connectivity index (χ3v) is 4.73. The monoisotopic (exact) mass is 253 g/mol. The minimum absolute atomic E-state index is 0.739. The standard InChI is InChI=1S/C13H23N3S/c1-3-17-13-5-4-12(10-13)15-7-9-16-8-6-14-11(16)2/h6,8,12-13,15H,3-5,7,9-10H2,1-2H3. The molecule has 3 nitrogen and oxygen atoms in total. The smallest absolute Gasteiger partial charge is 0.105 e. The Bertz CT molecular complexity index is 337. The highest BCUT2D eigenvalue weighted by Gasteiger charge is 2.23. The molecule has 2 atom stereocenters. The fourth-order valence-electron chi connectivity index (χ4n) is 2.54. The summed E-state index contributed by atoms with van der Waals surface area (Å²) in [4.78, 5) is 4.24. The summed E-state index contributed by atoms with van der Waals surface area (Å²) < 4.78 is 2.21. The van der Waals surface area contributed by atoms with Gasteiger partial charge in [-0.15, -0.1) is 0 Å². The first-order valence-corrected chi connectivity index (χ1v) is 7.67. The van der Waals surface area contributed by atoms with Gasteiger partial charge in [0.1, 0.15) is 5.82 Å². The van der Waals surface area contributed by atoms with Gasteiger partial charge >= 0.3 is 0 Å². The summed E-state index contributed by atoms with van der Waals surface area (Å²) in [6, 6.07) is 0.739. The molecule has 4 heteroatoms. The number of nitrogens with zero attached hydrogens (tertiary/aromatic N) is 2. The highest BCUT2D eigenvalue weighted by Crippen LogP contribution is 2.29. The van der Waals surface area contributed by atoms with Crippen LogP contribution in [0.25, 0.3) is 0 Å². The lowest BCUT2D eigenvalue weighted by atomic mass is 10.2. The lowest BCUT2D eigenvalue weighted by molar-refractivity contribution is 0.494. The number of hydrogen-bond donors (Lipinski definition) is 1. The molecule has 1 saturated carbocycles. The minimum Gasteiger partial charge on any atom is -0.334 e. The van der Waals surface area contributed by atoms with Crippen molar-refractivity contribution < 1.29 is 0 Å². The van der Waals surface area contributed by atoms with Crippen LogP contribution in [0.3, 0.4) is 0 Å². The fourth-order valence-corrected chi connectivity index (χ4v) is 3.68. The Hall–Kier alpha value is -0.480. The van der Waals surface area contributed by atoms with Gasteiger partial charge in [-0.2, -0.15) is 11.8 Å². The van der Waals surface area contributed by atoms with Gasteiger partial charge in [-0.3, -0.25) is 0 Å². The van der Waals surface area contributed by atoms with Crippen LogP contribution in [-0.4, -0.2) is 33.1 Å². The zero-order chi connectivity index (χ0) is 12.1. The second kappa shape index (κ2) is 6.45. The van der Waals surface area contributed by atoms with Crippen molar-refractivity contribution in [3.63, 3.8) is 0 Å². The lowest BCUT2D eigenvalue weighted by Crippen LogP contribution is -2.30. The van der Waals surface area contributed by atoms with E-state index in [4.69, 9.17) is 0 Å². The van der Waals surface area contributed by atoms with E-state index in [0.717, 1.165) is 30.2 Å². The quantitative estimate of drug-likeness (QED) is 0.844. The maximum absolute atomic E-state index is 4.24. The molecule has 0 aliphatic heterocycles. The van der Waals surface area contributed by atoms with Crippen molar-refractivity contribution >= 4 is 11.8 Å². The van der Waals surface area contributed by atoms with Crippen LogP contribution < -0.4 is 5.32 Å². The molecule has 1 fully saturated rings. The van der Waals surface area contributed by atoms with Gasteiger partial charge in [-0.25, -0.2) is 4.98 Å². The van der Waals surface area contributed by atoms with Crippen LogP contribution in [-0.2, 0) is 6.54 Å². The Morgan fingerprint density at radius 1 is 1.53 bits per heavy atom. The lowest BCUT2D eigenvalue weighted by Gasteiger charge is -2.13. The van der Waals surface area contributed by atoms with Crippen molar-refractivity contribution in [3.05, 3.63) is 18.2 Å². The first-order valence-electron chi connectivity index (χ1n) is 6.62. The van der Waals surface area contributed by atoms with E-state index in [2.05, 4.69) is 46.7 Å². The van der Waals surface area contributed by atoms with Crippen molar-refractivity contribution in [3.8, 4) is 0 Å². The van der Waals surface area contributed by atoms with Crippen LogP contribution in [0.2, 0.25) is 0 Å². The molecule has 2 unspecified atom stereocenters. The van der Waals surface area contributed by atoms with Gasteiger partial charge in [0.25, 0.3) is 0 Å². The fraction of sp³-hybridized carbons (Fsp3) is 0.769. The molecule has 0 saturated heterocycles. The molecule has 17 heavy (non-hydrogen) atoms. The van der Waals surface area contributed by atoms with Crippen LogP contribution in [0.4, 0.5) is 0 Å². The van der Waals surface area contributed by atoms with E-state index < -0.39 is 0 Å². The zero-order valence-electron chi connectivity index (χ0n) is 10.9. The third-order valence-electron chi connectivity index (χ3n) is 3.50. The summed E-state index contributed by atoms with van der Waals surface area (Å²) in [5.41, 5.74) is 0. The predicted octanol–water partition coefficient (Wildman–Crippen LogP) is 2.46. The Morgan fingerprint density at radius 2 is 2.41 bits per heavy atom. The molecule has 0 spiro atoms. The van der Waals surface area contributed by atoms with Crippen molar-refractivity contribution in [2.75, 3.05) is 12.3 Å². The first kappa shape index (κ1) is 13.0. The molecule has 1 aliphatic carbocycles. The number of imidazole rings is 1. The van der Waals surface area contributed by atoms with E-state index >= 15 is 0 Å². The van der Waals surface area contributed by atoms with Crippen molar-refractivity contribution in [1.29, 1.82) is 0 Å². The topological polar surface area (TPSA) is 29.9 Å². The van der Waals surface area contributed by atoms with Gasteiger partial charge in [0.2, 0.25) is 0 Å². The van der Waals surface area contributed by atoms with Crippen LogP contribution in [0.5, 0.6) is 0 Å². The molecule has 1 aliphatic rings. The molecule has 1 N–H and O–H groups in total. The summed E-state index contributed by atoms with van der Waals surface area (Å²) in [6.45, 7) is 6.41. The number of aromatic nitrogens is 2. The number of hydrogen-bond acceptors (Lipinski definition) is 3. The van der Waals surface area contributed by atoms with E-state index in [0.29, 0.717) is 0 Å². The van der Waals surface area contributed by atoms with E-state index in [-0.39, 0.29) is 0 Å². The Balaban J connectivity index is 1.65. The first-order chi connectivity index (χ1) is 8.29. The van der Waals surface area contributed by atoms with E-state index in [1.807, 2.05) is 6.20 Å². The molecular weight excluding hydrogens is 230 g/mol. The zero-order valence-corrected chi connectivity index (χ0v) is 11.7. The summed E-state index contributed by atoms with van der Waals surface area (Å²) >= 11 is 2.12. The van der Waals surface area contributed by atoms with Gasteiger partial charge in [0.15, 0.2) is 0 Å². The van der Waals surface area contributed by atoms with E-state index in [1.165, 1.54) is 25.0 Å². The second-order valence-corrected chi connectivity index (χ2v) is 6.29. The number of thioether (sulfide) groups is 1. The third kappa shape index (κ3) is 3.75. The molecule has 1 aromatic heterocycles. The molecule has 96 valence electrons. The van der Waals surface area contributed by atoms with E-state index in [9.17, 15) is 0 Å². The molecule has 0 bridgehead atoms. The number of aryl methyl sites for hydroxylation is 1. The van der Waals surface area contributed by atoms with Crippen molar-refractivity contribution in [2.24, 2.45) is 0 Å². The Morgan fingerprint density at radius 3 is 3.12 bits per heavy atom. The SMILES string of the molecule is CCSC1CCC(NCCn2ccnc2C)C1. The van der Waals surface area contributed by atoms with Gasteiger partial charge in [-0.05, 0) is 31.9 Å². The normalized spacial score (nSPS) is 24.4. The van der Waals surface area contributed by atoms with Crippen LogP contribution in [0.15, 0.2) is 12.4 Å². The number of rotatable bonds is 6. The van der Waals surface area contributed by atoms with Gasteiger partial charge < -0.3 is 9.88 Å². The van der Waals surface area contributed by atoms with E-state index in [1.54, 1.807) is 0 Å². The van der Waals surface area contributed by atoms with Crippen LogP contribution in [0.1, 0.15) is 32.0 Å². The van der Waals surface area contributed by atoms with Gasteiger partial charge in [0, 0.05) is 36.8 Å². The molecule has 0 aromatic carbocycles. The summed E-state index contributed by atoms with van der Waals surface area (Å²) in [6.07, 6.45) is 8.02. The molecular formula is C13H23N3S. The highest BCUT2D eigenvalue weighted by atomic mass is 32.2. The predicted molar refractivity (Wildman–Crippen MR) is 74.5 cm³/mol. The van der Waals surface area contributed by atoms with Crippen molar-refractivity contribution in [1.82, 2.24) is 14.9 Å². The largest absolute Gasteiger partial charge is 0.334 e. The Labute approximate surface area is 108 Å². The van der Waals surface area contributed by atoms with Crippen LogP contribution in [0, 0.1) is 6.92 Å². The molecule has 1 aromatic rings. The molecule has 1 heterocycles. The van der Waals surface area contributed by atoms with Crippen LogP contribution >= 0.6 is 11.8 Å².